The third-order valence-corrected chi connectivity index (χ3v) is 5.64. The Morgan fingerprint density at radius 3 is 2.75 bits per heavy atom. The standard InChI is InChI=1S/C15H24BrN3S/c1-3-7-11-13(16)15(17-9-4-2)19-14(18-11)12-8-5-6-10-20-12/h12H,3-10H2,1-2H3,(H,17,18,19). The number of hydrogen-bond donors (Lipinski definition) is 1. The average molecular weight is 358 g/mol. The number of thioether (sulfide) groups is 1. The van der Waals surface area contributed by atoms with Gasteiger partial charge in [-0.25, -0.2) is 9.97 Å². The van der Waals surface area contributed by atoms with Crippen LogP contribution in [0.4, 0.5) is 5.82 Å². The molecule has 20 heavy (non-hydrogen) atoms. The van der Waals surface area contributed by atoms with E-state index in [9.17, 15) is 0 Å². The molecule has 5 heteroatoms. The van der Waals surface area contributed by atoms with Crippen LogP contribution in [-0.4, -0.2) is 22.3 Å². The van der Waals surface area contributed by atoms with E-state index in [1.54, 1.807) is 0 Å². The second-order valence-corrected chi connectivity index (χ2v) is 7.33. The first-order chi connectivity index (χ1) is 9.76. The maximum Gasteiger partial charge on any atom is 0.144 e. The Hall–Kier alpha value is -0.290. The molecule has 1 unspecified atom stereocenters. The molecule has 1 fully saturated rings. The molecule has 1 aromatic rings. The van der Waals surface area contributed by atoms with Crippen LogP contribution < -0.4 is 5.32 Å². The highest BCUT2D eigenvalue weighted by atomic mass is 79.9. The van der Waals surface area contributed by atoms with E-state index in [4.69, 9.17) is 9.97 Å². The number of nitrogens with zero attached hydrogens (tertiary/aromatic N) is 2. The molecular weight excluding hydrogens is 334 g/mol. The molecular formula is C15H24BrN3S. The minimum Gasteiger partial charge on any atom is -0.369 e. The predicted molar refractivity (Wildman–Crippen MR) is 91.6 cm³/mol. The smallest absolute Gasteiger partial charge is 0.144 e. The molecule has 1 aliphatic heterocycles. The van der Waals surface area contributed by atoms with Gasteiger partial charge in [0.2, 0.25) is 0 Å². The van der Waals surface area contributed by atoms with Gasteiger partial charge < -0.3 is 5.32 Å². The molecule has 0 bridgehead atoms. The molecule has 1 aromatic heterocycles. The van der Waals surface area contributed by atoms with Gasteiger partial charge in [-0.1, -0.05) is 26.7 Å². The number of halogens is 1. The lowest BCUT2D eigenvalue weighted by Gasteiger charge is -2.22. The first-order valence-electron chi connectivity index (χ1n) is 7.68. The van der Waals surface area contributed by atoms with Gasteiger partial charge in [-0.3, -0.25) is 0 Å². The molecule has 0 aliphatic carbocycles. The van der Waals surface area contributed by atoms with Crippen LogP contribution in [-0.2, 0) is 6.42 Å². The second-order valence-electron chi connectivity index (χ2n) is 5.22. The lowest BCUT2D eigenvalue weighted by atomic mass is 10.1. The molecule has 1 N–H and O–H groups in total. The summed E-state index contributed by atoms with van der Waals surface area (Å²) in [6.07, 6.45) is 7.07. The summed E-state index contributed by atoms with van der Waals surface area (Å²) < 4.78 is 1.05. The van der Waals surface area contributed by atoms with Crippen LogP contribution >= 0.6 is 27.7 Å². The van der Waals surface area contributed by atoms with Crippen molar-refractivity contribution in [1.82, 2.24) is 9.97 Å². The van der Waals surface area contributed by atoms with E-state index in [0.29, 0.717) is 5.25 Å². The maximum atomic E-state index is 4.84. The van der Waals surface area contributed by atoms with Crippen LogP contribution in [0, 0.1) is 0 Å². The van der Waals surface area contributed by atoms with Crippen LogP contribution in [0.2, 0.25) is 0 Å². The molecule has 1 aliphatic rings. The number of aryl methyl sites for hydroxylation is 1. The maximum absolute atomic E-state index is 4.84. The fourth-order valence-electron chi connectivity index (χ4n) is 2.36. The third-order valence-electron chi connectivity index (χ3n) is 3.43. The highest BCUT2D eigenvalue weighted by Crippen LogP contribution is 2.38. The van der Waals surface area contributed by atoms with E-state index in [-0.39, 0.29) is 0 Å². The van der Waals surface area contributed by atoms with E-state index in [1.165, 1.54) is 25.0 Å². The van der Waals surface area contributed by atoms with Crippen molar-refractivity contribution in [2.24, 2.45) is 0 Å². The van der Waals surface area contributed by atoms with E-state index in [2.05, 4.69) is 35.1 Å². The highest BCUT2D eigenvalue weighted by molar-refractivity contribution is 9.10. The molecule has 0 spiro atoms. The Morgan fingerprint density at radius 2 is 2.10 bits per heavy atom. The summed E-state index contributed by atoms with van der Waals surface area (Å²) in [7, 11) is 0. The molecule has 2 rings (SSSR count). The van der Waals surface area contributed by atoms with E-state index < -0.39 is 0 Å². The molecule has 1 saturated heterocycles. The first kappa shape index (κ1) is 16.1. The van der Waals surface area contributed by atoms with Crippen LogP contribution in [0.15, 0.2) is 4.47 Å². The van der Waals surface area contributed by atoms with Crippen LogP contribution in [0.5, 0.6) is 0 Å². The van der Waals surface area contributed by atoms with Gasteiger partial charge in [0.1, 0.15) is 11.6 Å². The zero-order chi connectivity index (χ0) is 14.4. The fourth-order valence-corrected chi connectivity index (χ4v) is 4.12. The number of hydrogen-bond acceptors (Lipinski definition) is 4. The number of rotatable bonds is 6. The molecule has 3 nitrogen and oxygen atoms in total. The van der Waals surface area contributed by atoms with Crippen molar-refractivity contribution < 1.29 is 0 Å². The Labute approximate surface area is 134 Å². The zero-order valence-electron chi connectivity index (χ0n) is 12.4. The monoisotopic (exact) mass is 357 g/mol. The second kappa shape index (κ2) is 8.23. The molecule has 0 amide bonds. The molecule has 112 valence electrons. The van der Waals surface area contributed by atoms with E-state index in [1.807, 2.05) is 11.8 Å². The molecule has 0 aromatic carbocycles. The Balaban J connectivity index is 2.27. The summed E-state index contributed by atoms with van der Waals surface area (Å²) in [5.41, 5.74) is 1.15. The van der Waals surface area contributed by atoms with E-state index >= 15 is 0 Å². The quantitative estimate of drug-likeness (QED) is 0.779. The van der Waals surface area contributed by atoms with Gasteiger partial charge in [0, 0.05) is 6.54 Å². The Bertz CT molecular complexity index is 433. The van der Waals surface area contributed by atoms with Gasteiger partial charge in [0.05, 0.1) is 15.4 Å². The van der Waals surface area contributed by atoms with Crippen LogP contribution in [0.3, 0.4) is 0 Å². The lowest BCUT2D eigenvalue weighted by Crippen LogP contribution is -2.12. The van der Waals surface area contributed by atoms with Gasteiger partial charge in [-0.05, 0) is 47.4 Å². The van der Waals surface area contributed by atoms with Crippen LogP contribution in [0.25, 0.3) is 0 Å². The number of nitrogens with one attached hydrogen (secondary N) is 1. The molecule has 0 saturated carbocycles. The van der Waals surface area contributed by atoms with Gasteiger partial charge in [0.25, 0.3) is 0 Å². The van der Waals surface area contributed by atoms with Gasteiger partial charge in [-0.15, -0.1) is 0 Å². The van der Waals surface area contributed by atoms with Crippen molar-refractivity contribution in [3.05, 3.63) is 16.0 Å². The summed E-state index contributed by atoms with van der Waals surface area (Å²) in [6, 6.07) is 0. The largest absolute Gasteiger partial charge is 0.369 e. The molecule has 0 radical (unpaired) electrons. The van der Waals surface area contributed by atoms with Crippen molar-refractivity contribution in [3.63, 3.8) is 0 Å². The van der Waals surface area contributed by atoms with E-state index in [0.717, 1.165) is 47.6 Å². The molecule has 1 atom stereocenters. The lowest BCUT2D eigenvalue weighted by molar-refractivity contribution is 0.656. The van der Waals surface area contributed by atoms with Gasteiger partial charge in [-0.2, -0.15) is 11.8 Å². The van der Waals surface area contributed by atoms with Crippen molar-refractivity contribution in [2.45, 2.75) is 57.6 Å². The number of anilines is 1. The normalized spacial score (nSPS) is 19.1. The topological polar surface area (TPSA) is 37.8 Å². The summed E-state index contributed by atoms with van der Waals surface area (Å²) in [5.74, 6) is 3.25. The third kappa shape index (κ3) is 4.10. The van der Waals surface area contributed by atoms with Crippen LogP contribution in [0.1, 0.15) is 62.7 Å². The minimum absolute atomic E-state index is 0.481. The summed E-state index contributed by atoms with van der Waals surface area (Å²) >= 11 is 5.69. The van der Waals surface area contributed by atoms with Crippen molar-refractivity contribution >= 4 is 33.5 Å². The SMILES string of the molecule is CCCNc1nc(C2CCCCS2)nc(CCC)c1Br. The Morgan fingerprint density at radius 1 is 1.25 bits per heavy atom. The summed E-state index contributed by atoms with van der Waals surface area (Å²) in [5, 5.41) is 3.91. The predicted octanol–water partition coefficient (Wildman–Crippen LogP) is 4.97. The van der Waals surface area contributed by atoms with Crippen molar-refractivity contribution in [1.29, 1.82) is 0 Å². The zero-order valence-corrected chi connectivity index (χ0v) is 14.8. The fraction of sp³-hybridized carbons (Fsp3) is 0.733. The minimum atomic E-state index is 0.481. The molecule has 2 heterocycles. The Kier molecular flexibility index (Phi) is 6.62. The van der Waals surface area contributed by atoms with Crippen molar-refractivity contribution in [2.75, 3.05) is 17.6 Å². The van der Waals surface area contributed by atoms with Gasteiger partial charge in [0.15, 0.2) is 0 Å². The summed E-state index contributed by atoms with van der Waals surface area (Å²) in [4.78, 5) is 9.62. The average Bonchev–Trinajstić information content (AvgIpc) is 2.49. The van der Waals surface area contributed by atoms with Gasteiger partial charge >= 0.3 is 0 Å². The first-order valence-corrected chi connectivity index (χ1v) is 9.52. The highest BCUT2D eigenvalue weighted by Gasteiger charge is 2.21. The van der Waals surface area contributed by atoms with Crippen molar-refractivity contribution in [3.8, 4) is 0 Å². The summed E-state index contributed by atoms with van der Waals surface area (Å²) in [6.45, 7) is 5.33. The number of aromatic nitrogens is 2.